The number of nitrogens with zero attached hydrogens (tertiary/aromatic N) is 4. The maximum Gasteiger partial charge on any atom is 0.155 e. The summed E-state index contributed by atoms with van der Waals surface area (Å²) in [6.07, 6.45) is 4.60. The van der Waals surface area contributed by atoms with Gasteiger partial charge in [0.05, 0.1) is 5.02 Å². The average molecular weight is 181 g/mol. The number of rotatable bonds is 1. The molecule has 2 heterocycles. The van der Waals surface area contributed by atoms with Gasteiger partial charge in [-0.05, 0) is 12.1 Å². The van der Waals surface area contributed by atoms with Crippen LogP contribution in [0.15, 0.2) is 31.0 Å². The predicted molar refractivity (Wildman–Crippen MR) is 44.2 cm³/mol. The Kier molecular flexibility index (Phi) is 1.75. The van der Waals surface area contributed by atoms with E-state index in [9.17, 15) is 0 Å². The Labute approximate surface area is 73.8 Å². The minimum atomic E-state index is 0.610. The van der Waals surface area contributed by atoms with Crippen molar-refractivity contribution in [2.24, 2.45) is 0 Å². The number of hydrogen-bond acceptors (Lipinski definition) is 3. The normalized spacial score (nSPS) is 10.1. The van der Waals surface area contributed by atoms with Crippen molar-refractivity contribution < 1.29 is 0 Å². The molecule has 4 nitrogen and oxygen atoms in total. The van der Waals surface area contributed by atoms with Crippen LogP contribution in [-0.2, 0) is 0 Å². The maximum atomic E-state index is 5.67. The summed E-state index contributed by atoms with van der Waals surface area (Å²) in [4.78, 5) is 7.85. The van der Waals surface area contributed by atoms with Crippen LogP contribution in [0.5, 0.6) is 0 Å². The average Bonchev–Trinajstić information content (AvgIpc) is 2.58. The van der Waals surface area contributed by atoms with Crippen molar-refractivity contribution in [1.29, 1.82) is 0 Å². The minimum Gasteiger partial charge on any atom is -0.236 e. The van der Waals surface area contributed by atoms with E-state index in [0.717, 1.165) is 0 Å². The number of aromatic nitrogens is 4. The summed E-state index contributed by atoms with van der Waals surface area (Å²) in [5.41, 5.74) is 0. The van der Waals surface area contributed by atoms with Crippen molar-refractivity contribution in [3.05, 3.63) is 36.0 Å². The van der Waals surface area contributed by atoms with Crippen LogP contribution in [0.1, 0.15) is 0 Å². The smallest absolute Gasteiger partial charge is 0.155 e. The van der Waals surface area contributed by atoms with Gasteiger partial charge in [-0.25, -0.2) is 14.6 Å². The highest BCUT2D eigenvalue weighted by molar-refractivity contribution is 6.30. The van der Waals surface area contributed by atoms with E-state index in [1.165, 1.54) is 6.33 Å². The van der Waals surface area contributed by atoms with E-state index in [0.29, 0.717) is 10.8 Å². The largest absolute Gasteiger partial charge is 0.236 e. The predicted octanol–water partition coefficient (Wildman–Crippen LogP) is 1.32. The molecule has 0 bridgehead atoms. The summed E-state index contributed by atoms with van der Waals surface area (Å²) in [6, 6.07) is 3.53. The zero-order chi connectivity index (χ0) is 8.39. The topological polar surface area (TPSA) is 43.6 Å². The molecule has 12 heavy (non-hydrogen) atoms. The Morgan fingerprint density at radius 1 is 1.33 bits per heavy atom. The molecule has 0 saturated carbocycles. The van der Waals surface area contributed by atoms with Crippen molar-refractivity contribution in [2.45, 2.75) is 0 Å². The van der Waals surface area contributed by atoms with Crippen molar-refractivity contribution in [3.8, 4) is 5.82 Å². The Balaban J connectivity index is 2.43. The van der Waals surface area contributed by atoms with Gasteiger partial charge in [0.1, 0.15) is 12.7 Å². The van der Waals surface area contributed by atoms with Crippen LogP contribution in [0.2, 0.25) is 5.02 Å². The summed E-state index contributed by atoms with van der Waals surface area (Å²) >= 11 is 5.67. The van der Waals surface area contributed by atoms with Crippen molar-refractivity contribution in [1.82, 2.24) is 19.7 Å². The first-order chi connectivity index (χ1) is 5.86. The molecule has 0 saturated heterocycles. The minimum absolute atomic E-state index is 0.610. The molecule has 2 aromatic heterocycles. The van der Waals surface area contributed by atoms with Gasteiger partial charge >= 0.3 is 0 Å². The molecule has 0 radical (unpaired) electrons. The molecule has 0 spiro atoms. The van der Waals surface area contributed by atoms with Gasteiger partial charge in [0.2, 0.25) is 0 Å². The third-order valence-electron chi connectivity index (χ3n) is 1.37. The maximum absolute atomic E-state index is 5.67. The summed E-state index contributed by atoms with van der Waals surface area (Å²) in [6.45, 7) is 0. The fraction of sp³-hybridized carbons (Fsp3) is 0. The van der Waals surface area contributed by atoms with E-state index >= 15 is 0 Å². The lowest BCUT2D eigenvalue weighted by atomic mass is 10.5. The molecule has 0 fully saturated rings. The van der Waals surface area contributed by atoms with E-state index in [2.05, 4.69) is 15.1 Å². The highest BCUT2D eigenvalue weighted by Crippen LogP contribution is 2.07. The SMILES string of the molecule is Clc1ccc(-n2cncn2)nc1. The highest BCUT2D eigenvalue weighted by atomic mass is 35.5. The van der Waals surface area contributed by atoms with Crippen LogP contribution < -0.4 is 0 Å². The highest BCUT2D eigenvalue weighted by Gasteiger charge is 1.96. The molecule has 2 rings (SSSR count). The molecule has 5 heteroatoms. The van der Waals surface area contributed by atoms with E-state index in [-0.39, 0.29) is 0 Å². The molecule has 0 atom stereocenters. The zero-order valence-electron chi connectivity index (χ0n) is 6.05. The van der Waals surface area contributed by atoms with Crippen LogP contribution in [0.25, 0.3) is 5.82 Å². The molecule has 0 amide bonds. The molecular formula is C7H5ClN4. The second kappa shape index (κ2) is 2.91. The van der Waals surface area contributed by atoms with Gasteiger partial charge in [-0.15, -0.1) is 0 Å². The van der Waals surface area contributed by atoms with Gasteiger partial charge in [-0.3, -0.25) is 0 Å². The van der Waals surface area contributed by atoms with Crippen LogP contribution in [-0.4, -0.2) is 19.7 Å². The quantitative estimate of drug-likeness (QED) is 0.665. The first-order valence-corrected chi connectivity index (χ1v) is 3.70. The monoisotopic (exact) mass is 180 g/mol. The van der Waals surface area contributed by atoms with Gasteiger partial charge in [0.15, 0.2) is 5.82 Å². The Hall–Kier alpha value is -1.42. The lowest BCUT2D eigenvalue weighted by Crippen LogP contribution is -1.96. The molecule has 0 aliphatic rings. The van der Waals surface area contributed by atoms with Gasteiger partial charge in [0, 0.05) is 6.20 Å². The molecule has 0 aromatic carbocycles. The van der Waals surface area contributed by atoms with Crippen LogP contribution in [0.4, 0.5) is 0 Å². The molecule has 0 aliphatic heterocycles. The summed E-state index contributed by atoms with van der Waals surface area (Å²) in [5, 5.41) is 4.53. The summed E-state index contributed by atoms with van der Waals surface area (Å²) < 4.78 is 1.57. The van der Waals surface area contributed by atoms with Gasteiger partial charge in [-0.2, -0.15) is 5.10 Å². The van der Waals surface area contributed by atoms with Gasteiger partial charge in [0.25, 0.3) is 0 Å². The van der Waals surface area contributed by atoms with E-state index < -0.39 is 0 Å². The van der Waals surface area contributed by atoms with Crippen LogP contribution >= 0.6 is 11.6 Å². The molecule has 0 unspecified atom stereocenters. The first-order valence-electron chi connectivity index (χ1n) is 3.33. The van der Waals surface area contributed by atoms with E-state index in [4.69, 9.17) is 11.6 Å². The lowest BCUT2D eigenvalue weighted by molar-refractivity contribution is 0.845. The van der Waals surface area contributed by atoms with Gasteiger partial charge < -0.3 is 0 Å². The zero-order valence-corrected chi connectivity index (χ0v) is 6.81. The van der Waals surface area contributed by atoms with Crippen molar-refractivity contribution in [2.75, 3.05) is 0 Å². The second-order valence-corrected chi connectivity index (χ2v) is 2.61. The Bertz CT molecular complexity index is 353. The fourth-order valence-electron chi connectivity index (χ4n) is 0.830. The third kappa shape index (κ3) is 1.29. The molecule has 0 N–H and O–H groups in total. The molecule has 0 aliphatic carbocycles. The van der Waals surface area contributed by atoms with Gasteiger partial charge in [-0.1, -0.05) is 11.6 Å². The van der Waals surface area contributed by atoms with E-state index in [1.54, 1.807) is 29.3 Å². The second-order valence-electron chi connectivity index (χ2n) is 2.17. The molecular weight excluding hydrogens is 176 g/mol. The lowest BCUT2D eigenvalue weighted by Gasteiger charge is -1.96. The summed E-state index contributed by atoms with van der Waals surface area (Å²) in [5.74, 6) is 0.705. The van der Waals surface area contributed by atoms with Crippen molar-refractivity contribution >= 4 is 11.6 Å². The number of halogens is 1. The summed E-state index contributed by atoms with van der Waals surface area (Å²) in [7, 11) is 0. The molecule has 60 valence electrons. The van der Waals surface area contributed by atoms with Crippen LogP contribution in [0, 0.1) is 0 Å². The standard InChI is InChI=1S/C7H5ClN4/c8-6-1-2-7(10-3-6)12-5-9-4-11-12/h1-5H. The molecule has 2 aromatic rings. The Morgan fingerprint density at radius 3 is 2.83 bits per heavy atom. The van der Waals surface area contributed by atoms with E-state index in [1.807, 2.05) is 0 Å². The Morgan fingerprint density at radius 2 is 2.25 bits per heavy atom. The third-order valence-corrected chi connectivity index (χ3v) is 1.59. The van der Waals surface area contributed by atoms with Crippen molar-refractivity contribution in [3.63, 3.8) is 0 Å². The first kappa shape index (κ1) is 7.24. The number of hydrogen-bond donors (Lipinski definition) is 0. The number of pyridine rings is 1. The fourth-order valence-corrected chi connectivity index (χ4v) is 0.942. The van der Waals surface area contributed by atoms with Crippen LogP contribution in [0.3, 0.4) is 0 Å².